The first-order valence-electron chi connectivity index (χ1n) is 4.58. The molecule has 0 amide bonds. The van der Waals surface area contributed by atoms with E-state index in [4.69, 9.17) is 10.6 Å². The molecule has 3 nitrogen and oxygen atoms in total. The van der Waals surface area contributed by atoms with Crippen molar-refractivity contribution in [2.45, 2.75) is 6.92 Å². The summed E-state index contributed by atoms with van der Waals surface area (Å²) in [5, 5.41) is 0. The predicted molar refractivity (Wildman–Crippen MR) is 56.8 cm³/mol. The first-order valence-corrected chi connectivity index (χ1v) is 4.58. The van der Waals surface area contributed by atoms with Crippen LogP contribution in [0.15, 0.2) is 30.3 Å². The average molecular weight is 193 g/mol. The summed E-state index contributed by atoms with van der Waals surface area (Å²) in [4.78, 5) is 4.41. The first-order chi connectivity index (χ1) is 6.86. The van der Waals surface area contributed by atoms with Gasteiger partial charge in [0.05, 0.1) is 13.2 Å². The Balaban J connectivity index is 2.54. The van der Waals surface area contributed by atoms with E-state index in [2.05, 4.69) is 4.84 Å². The van der Waals surface area contributed by atoms with Crippen molar-refractivity contribution in [1.82, 2.24) is 0 Å². The molecule has 0 aliphatic carbocycles. The maximum absolute atomic E-state index is 5.32. The van der Waals surface area contributed by atoms with Gasteiger partial charge in [-0.3, -0.25) is 0 Å². The molecular weight excluding hydrogens is 178 g/mol. The molecule has 0 saturated heterocycles. The van der Waals surface area contributed by atoms with Crippen LogP contribution in [0.3, 0.4) is 0 Å². The predicted octanol–water partition coefficient (Wildman–Crippen LogP) is 1.99. The van der Waals surface area contributed by atoms with Gasteiger partial charge in [0.1, 0.15) is 5.75 Å². The Labute approximate surface area is 84.1 Å². The summed E-state index contributed by atoms with van der Waals surface area (Å²) >= 11 is 0. The highest BCUT2D eigenvalue weighted by atomic mass is 16.6. The summed E-state index contributed by atoms with van der Waals surface area (Å²) in [6.07, 6.45) is 3.80. The molecular formula is C11H15NO2. The summed E-state index contributed by atoms with van der Waals surface area (Å²) in [5.74, 6) is 5.77. The molecule has 0 spiro atoms. The van der Waals surface area contributed by atoms with Crippen molar-refractivity contribution in [2.24, 2.45) is 5.90 Å². The van der Waals surface area contributed by atoms with Crippen LogP contribution in [0.2, 0.25) is 0 Å². The molecule has 0 unspecified atom stereocenters. The Morgan fingerprint density at radius 2 is 2.00 bits per heavy atom. The minimum Gasteiger partial charge on any atom is -0.494 e. The molecule has 0 atom stereocenters. The van der Waals surface area contributed by atoms with Crippen molar-refractivity contribution in [3.8, 4) is 5.75 Å². The lowest BCUT2D eigenvalue weighted by Gasteiger charge is -2.02. The minimum atomic E-state index is 0.424. The molecule has 0 aromatic heterocycles. The highest BCUT2D eigenvalue weighted by molar-refractivity contribution is 5.50. The summed E-state index contributed by atoms with van der Waals surface area (Å²) in [6, 6.07) is 7.84. The van der Waals surface area contributed by atoms with Gasteiger partial charge in [-0.1, -0.05) is 24.3 Å². The molecule has 14 heavy (non-hydrogen) atoms. The second-order valence-electron chi connectivity index (χ2n) is 2.74. The van der Waals surface area contributed by atoms with Crippen LogP contribution in [0.4, 0.5) is 0 Å². The van der Waals surface area contributed by atoms with Gasteiger partial charge >= 0.3 is 0 Å². The third kappa shape index (κ3) is 3.60. The van der Waals surface area contributed by atoms with Crippen LogP contribution in [0.5, 0.6) is 5.75 Å². The van der Waals surface area contributed by atoms with Gasteiger partial charge in [0.2, 0.25) is 0 Å². The van der Waals surface area contributed by atoms with Gasteiger partial charge in [-0.25, -0.2) is 5.90 Å². The fourth-order valence-electron chi connectivity index (χ4n) is 1.08. The Morgan fingerprint density at radius 1 is 1.29 bits per heavy atom. The maximum atomic E-state index is 5.32. The van der Waals surface area contributed by atoms with Gasteiger partial charge in [-0.2, -0.15) is 0 Å². The highest BCUT2D eigenvalue weighted by Crippen LogP contribution is 2.12. The third-order valence-corrected chi connectivity index (χ3v) is 1.69. The van der Waals surface area contributed by atoms with E-state index >= 15 is 0 Å². The van der Waals surface area contributed by atoms with Crippen LogP contribution in [-0.2, 0) is 4.84 Å². The van der Waals surface area contributed by atoms with E-state index in [9.17, 15) is 0 Å². The molecule has 0 bridgehead atoms. The van der Waals surface area contributed by atoms with Crippen molar-refractivity contribution in [2.75, 3.05) is 13.2 Å². The van der Waals surface area contributed by atoms with Crippen molar-refractivity contribution in [3.05, 3.63) is 35.9 Å². The van der Waals surface area contributed by atoms with Gasteiger partial charge in [0, 0.05) is 0 Å². The third-order valence-electron chi connectivity index (χ3n) is 1.69. The molecule has 76 valence electrons. The lowest BCUT2D eigenvalue weighted by Crippen LogP contribution is -1.96. The zero-order valence-corrected chi connectivity index (χ0v) is 8.27. The smallest absolute Gasteiger partial charge is 0.119 e. The van der Waals surface area contributed by atoms with Crippen LogP contribution in [0.1, 0.15) is 12.5 Å². The van der Waals surface area contributed by atoms with Gasteiger partial charge in [0.25, 0.3) is 0 Å². The zero-order valence-electron chi connectivity index (χ0n) is 8.27. The quantitative estimate of drug-likeness (QED) is 0.727. The lowest BCUT2D eigenvalue weighted by atomic mass is 10.2. The minimum absolute atomic E-state index is 0.424. The van der Waals surface area contributed by atoms with Gasteiger partial charge in [-0.15, -0.1) is 0 Å². The largest absolute Gasteiger partial charge is 0.494 e. The highest BCUT2D eigenvalue weighted by Gasteiger charge is 1.90. The van der Waals surface area contributed by atoms with E-state index in [1.807, 2.05) is 43.3 Å². The van der Waals surface area contributed by atoms with E-state index in [1.54, 1.807) is 0 Å². The van der Waals surface area contributed by atoms with E-state index in [1.165, 1.54) is 0 Å². The first kappa shape index (κ1) is 10.8. The van der Waals surface area contributed by atoms with Crippen LogP contribution >= 0.6 is 0 Å². The standard InChI is InChI=1S/C11H15NO2/c1-2-13-11-7-5-10(6-8-11)4-3-9-14-12/h3-8H,2,9,12H2,1H3/b4-3+. The summed E-state index contributed by atoms with van der Waals surface area (Å²) in [5.41, 5.74) is 1.10. The molecule has 0 radical (unpaired) electrons. The summed E-state index contributed by atoms with van der Waals surface area (Å²) in [6.45, 7) is 3.08. The second-order valence-corrected chi connectivity index (χ2v) is 2.74. The number of rotatable bonds is 5. The van der Waals surface area contributed by atoms with E-state index in [0.717, 1.165) is 11.3 Å². The average Bonchev–Trinajstić information content (AvgIpc) is 2.21. The van der Waals surface area contributed by atoms with Crippen LogP contribution < -0.4 is 10.6 Å². The molecule has 1 aromatic carbocycles. The van der Waals surface area contributed by atoms with E-state index < -0.39 is 0 Å². The number of benzene rings is 1. The molecule has 0 aliphatic heterocycles. The van der Waals surface area contributed by atoms with Crippen molar-refractivity contribution < 1.29 is 9.57 Å². The number of ether oxygens (including phenoxy) is 1. The van der Waals surface area contributed by atoms with Gasteiger partial charge in [0.15, 0.2) is 0 Å². The Hall–Kier alpha value is -1.32. The SMILES string of the molecule is CCOc1ccc(/C=C/CON)cc1. The van der Waals surface area contributed by atoms with Crippen LogP contribution in [0.25, 0.3) is 6.08 Å². The number of hydrogen-bond donors (Lipinski definition) is 1. The van der Waals surface area contributed by atoms with E-state index in [0.29, 0.717) is 13.2 Å². The van der Waals surface area contributed by atoms with Gasteiger partial charge < -0.3 is 9.57 Å². The molecule has 0 aliphatic rings. The van der Waals surface area contributed by atoms with Crippen LogP contribution in [-0.4, -0.2) is 13.2 Å². The fraction of sp³-hybridized carbons (Fsp3) is 0.273. The number of nitrogens with two attached hydrogens (primary N) is 1. The van der Waals surface area contributed by atoms with Crippen molar-refractivity contribution >= 4 is 6.08 Å². The fourth-order valence-corrected chi connectivity index (χ4v) is 1.08. The molecule has 0 fully saturated rings. The summed E-state index contributed by atoms with van der Waals surface area (Å²) in [7, 11) is 0. The van der Waals surface area contributed by atoms with Gasteiger partial charge in [-0.05, 0) is 24.6 Å². The summed E-state index contributed by atoms with van der Waals surface area (Å²) < 4.78 is 5.32. The molecule has 0 saturated carbocycles. The Bertz CT molecular complexity index is 280. The zero-order chi connectivity index (χ0) is 10.2. The van der Waals surface area contributed by atoms with Crippen LogP contribution in [0, 0.1) is 0 Å². The van der Waals surface area contributed by atoms with Crippen molar-refractivity contribution in [3.63, 3.8) is 0 Å². The molecule has 1 aromatic rings. The van der Waals surface area contributed by atoms with E-state index in [-0.39, 0.29) is 0 Å². The molecule has 3 heteroatoms. The lowest BCUT2D eigenvalue weighted by molar-refractivity contribution is 0.168. The maximum Gasteiger partial charge on any atom is 0.119 e. The second kappa shape index (κ2) is 6.18. The molecule has 0 heterocycles. The topological polar surface area (TPSA) is 44.5 Å². The molecule has 1 rings (SSSR count). The molecule has 2 N–H and O–H groups in total. The van der Waals surface area contributed by atoms with Crippen molar-refractivity contribution in [1.29, 1.82) is 0 Å². The normalized spacial score (nSPS) is 10.7. The Morgan fingerprint density at radius 3 is 2.57 bits per heavy atom. The Kier molecular flexibility index (Phi) is 4.75. The number of hydrogen-bond acceptors (Lipinski definition) is 3. The monoisotopic (exact) mass is 193 g/mol.